The fraction of sp³-hybridized carbons (Fsp3) is 0.786. The molecule has 0 aromatic carbocycles. The van der Waals surface area contributed by atoms with Gasteiger partial charge in [0.05, 0.1) is 17.9 Å². The van der Waals surface area contributed by atoms with Crippen LogP contribution in [0, 0.1) is 0 Å². The molecule has 110 valence electrons. The van der Waals surface area contributed by atoms with Crippen molar-refractivity contribution in [2.24, 2.45) is 5.84 Å². The Kier molecular flexibility index (Phi) is 5.97. The summed E-state index contributed by atoms with van der Waals surface area (Å²) in [5, 5.41) is 4.55. The lowest BCUT2D eigenvalue weighted by molar-refractivity contribution is -0.0145. The van der Waals surface area contributed by atoms with Crippen molar-refractivity contribution in [3.63, 3.8) is 0 Å². The highest BCUT2D eigenvalue weighted by atomic mass is 16.5. The van der Waals surface area contributed by atoms with Crippen LogP contribution in [-0.4, -0.2) is 28.0 Å². The molecular formula is C14H28N4O. The molecule has 19 heavy (non-hydrogen) atoms. The number of nitrogens with two attached hydrogens (primary N) is 1. The van der Waals surface area contributed by atoms with Crippen LogP contribution in [0.15, 0.2) is 6.07 Å². The van der Waals surface area contributed by atoms with Gasteiger partial charge in [0.25, 0.3) is 0 Å². The molecule has 5 heteroatoms. The lowest BCUT2D eigenvalue weighted by atomic mass is 10.1. The van der Waals surface area contributed by atoms with Gasteiger partial charge in [0.15, 0.2) is 0 Å². The minimum atomic E-state index is -0.144. The summed E-state index contributed by atoms with van der Waals surface area (Å²) in [5.74, 6) is 5.62. The number of ether oxygens (including phenoxy) is 1. The van der Waals surface area contributed by atoms with E-state index in [-0.39, 0.29) is 11.6 Å². The van der Waals surface area contributed by atoms with Crippen LogP contribution < -0.4 is 11.3 Å². The molecule has 1 unspecified atom stereocenters. The van der Waals surface area contributed by atoms with Gasteiger partial charge in [-0.05, 0) is 40.2 Å². The predicted octanol–water partition coefficient (Wildman–Crippen LogP) is 1.65. The minimum absolute atomic E-state index is 0.103. The van der Waals surface area contributed by atoms with Crippen molar-refractivity contribution in [1.82, 2.24) is 15.2 Å². The molecule has 1 aromatic rings. The summed E-state index contributed by atoms with van der Waals surface area (Å²) in [6, 6.07) is 2.26. The van der Waals surface area contributed by atoms with Gasteiger partial charge < -0.3 is 4.74 Å². The lowest BCUT2D eigenvalue weighted by Crippen LogP contribution is -2.42. The van der Waals surface area contributed by atoms with Crippen LogP contribution in [0.3, 0.4) is 0 Å². The first kappa shape index (κ1) is 16.1. The molecule has 0 spiro atoms. The molecular weight excluding hydrogens is 240 g/mol. The number of hydrogen-bond acceptors (Lipinski definition) is 4. The van der Waals surface area contributed by atoms with E-state index in [0.717, 1.165) is 25.1 Å². The van der Waals surface area contributed by atoms with Gasteiger partial charge in [0, 0.05) is 24.7 Å². The van der Waals surface area contributed by atoms with E-state index in [2.05, 4.69) is 30.4 Å². The molecule has 3 N–H and O–H groups in total. The lowest BCUT2D eigenvalue weighted by Gasteiger charge is -2.24. The fourth-order valence-corrected chi connectivity index (χ4v) is 1.89. The molecule has 0 aliphatic heterocycles. The quantitative estimate of drug-likeness (QED) is 0.583. The summed E-state index contributed by atoms with van der Waals surface area (Å²) in [6.07, 6.45) is 1.78. The molecule has 0 aliphatic rings. The number of aryl methyl sites for hydroxylation is 2. The Bertz CT molecular complexity index is 381. The molecule has 0 saturated heterocycles. The maximum absolute atomic E-state index is 5.79. The third kappa shape index (κ3) is 5.30. The molecule has 1 atom stereocenters. The number of nitrogens with zero attached hydrogens (tertiary/aromatic N) is 2. The van der Waals surface area contributed by atoms with E-state index in [1.54, 1.807) is 0 Å². The molecule has 1 heterocycles. The maximum Gasteiger partial charge on any atom is 0.0644 e. The second-order valence-corrected chi connectivity index (χ2v) is 5.79. The number of nitrogens with one attached hydrogen (secondary N) is 1. The number of hydrogen-bond donors (Lipinski definition) is 2. The van der Waals surface area contributed by atoms with Gasteiger partial charge in [-0.25, -0.2) is 0 Å². The zero-order chi connectivity index (χ0) is 14.5. The van der Waals surface area contributed by atoms with E-state index in [9.17, 15) is 0 Å². The van der Waals surface area contributed by atoms with Crippen LogP contribution in [0.2, 0.25) is 0 Å². The molecule has 0 bridgehead atoms. The van der Waals surface area contributed by atoms with Crippen LogP contribution in [0.5, 0.6) is 0 Å². The van der Waals surface area contributed by atoms with Crippen molar-refractivity contribution < 1.29 is 4.74 Å². The van der Waals surface area contributed by atoms with Crippen molar-refractivity contribution in [3.05, 3.63) is 17.5 Å². The van der Waals surface area contributed by atoms with Crippen LogP contribution in [0.25, 0.3) is 0 Å². The van der Waals surface area contributed by atoms with Crippen molar-refractivity contribution in [1.29, 1.82) is 0 Å². The zero-order valence-electron chi connectivity index (χ0n) is 12.9. The zero-order valence-corrected chi connectivity index (χ0v) is 12.9. The Morgan fingerprint density at radius 3 is 2.58 bits per heavy atom. The first-order valence-electron chi connectivity index (χ1n) is 7.05. The summed E-state index contributed by atoms with van der Waals surface area (Å²) in [7, 11) is 0. The number of hydrazine groups is 1. The van der Waals surface area contributed by atoms with Crippen molar-refractivity contribution in [3.8, 4) is 0 Å². The second-order valence-electron chi connectivity index (χ2n) is 5.79. The minimum Gasteiger partial charge on any atom is -0.374 e. The number of rotatable bonds is 7. The van der Waals surface area contributed by atoms with Gasteiger partial charge >= 0.3 is 0 Å². The third-order valence-corrected chi connectivity index (χ3v) is 2.98. The molecule has 1 rings (SSSR count). The predicted molar refractivity (Wildman–Crippen MR) is 77.8 cm³/mol. The second kappa shape index (κ2) is 7.03. The molecule has 0 aliphatic carbocycles. The summed E-state index contributed by atoms with van der Waals surface area (Å²) in [5.41, 5.74) is 5.03. The van der Waals surface area contributed by atoms with Crippen molar-refractivity contribution in [2.75, 3.05) is 6.61 Å². The van der Waals surface area contributed by atoms with Gasteiger partial charge in [-0.3, -0.25) is 16.0 Å². The first-order chi connectivity index (χ1) is 8.89. The highest BCUT2D eigenvalue weighted by molar-refractivity contribution is 5.12. The normalized spacial score (nSPS) is 13.8. The highest BCUT2D eigenvalue weighted by Gasteiger charge is 2.17. The molecule has 5 nitrogen and oxygen atoms in total. The monoisotopic (exact) mass is 268 g/mol. The van der Waals surface area contributed by atoms with Crippen LogP contribution in [-0.2, 0) is 24.1 Å². The maximum atomic E-state index is 5.79. The van der Waals surface area contributed by atoms with Gasteiger partial charge in [-0.15, -0.1) is 0 Å². The van der Waals surface area contributed by atoms with Crippen molar-refractivity contribution in [2.45, 2.75) is 65.6 Å². The van der Waals surface area contributed by atoms with Crippen LogP contribution in [0.4, 0.5) is 0 Å². The van der Waals surface area contributed by atoms with Gasteiger partial charge in [-0.1, -0.05) is 6.92 Å². The molecule has 0 fully saturated rings. The Morgan fingerprint density at radius 2 is 2.11 bits per heavy atom. The molecule has 0 amide bonds. The van der Waals surface area contributed by atoms with Gasteiger partial charge in [0.2, 0.25) is 0 Å². The number of aromatic nitrogens is 2. The summed E-state index contributed by atoms with van der Waals surface area (Å²) in [6.45, 7) is 11.8. The van der Waals surface area contributed by atoms with Gasteiger partial charge in [-0.2, -0.15) is 5.10 Å². The molecule has 0 saturated carbocycles. The standard InChI is InChI=1S/C14H28N4O/c1-6-11-8-13(18(7-2)17-11)9-12(16-15)10-19-14(3,4)5/h8,12,16H,6-7,9-10,15H2,1-5H3. The topological polar surface area (TPSA) is 65.1 Å². The molecule has 0 radical (unpaired) electrons. The Morgan fingerprint density at radius 1 is 1.42 bits per heavy atom. The summed E-state index contributed by atoms with van der Waals surface area (Å²) in [4.78, 5) is 0. The third-order valence-electron chi connectivity index (χ3n) is 2.98. The van der Waals surface area contributed by atoms with Crippen molar-refractivity contribution >= 4 is 0 Å². The highest BCUT2D eigenvalue weighted by Crippen LogP contribution is 2.11. The SMILES string of the molecule is CCc1cc(CC(COC(C)(C)C)NN)n(CC)n1. The van der Waals surface area contributed by atoms with Crippen LogP contribution in [0.1, 0.15) is 46.0 Å². The molecule has 1 aromatic heterocycles. The smallest absolute Gasteiger partial charge is 0.0644 e. The van der Waals surface area contributed by atoms with Gasteiger partial charge in [0.1, 0.15) is 0 Å². The average Bonchev–Trinajstić information content (AvgIpc) is 2.75. The largest absolute Gasteiger partial charge is 0.374 e. The Balaban J connectivity index is 2.67. The van der Waals surface area contributed by atoms with E-state index in [1.807, 2.05) is 25.5 Å². The Hall–Kier alpha value is -0.910. The average molecular weight is 268 g/mol. The summed E-state index contributed by atoms with van der Waals surface area (Å²) < 4.78 is 7.83. The summed E-state index contributed by atoms with van der Waals surface area (Å²) >= 11 is 0. The van der Waals surface area contributed by atoms with E-state index >= 15 is 0 Å². The Labute approximate surface area is 116 Å². The van der Waals surface area contributed by atoms with E-state index < -0.39 is 0 Å². The van der Waals surface area contributed by atoms with E-state index in [1.165, 1.54) is 5.69 Å². The van der Waals surface area contributed by atoms with E-state index in [0.29, 0.717) is 6.61 Å². The van der Waals surface area contributed by atoms with Crippen LogP contribution >= 0.6 is 0 Å². The first-order valence-corrected chi connectivity index (χ1v) is 7.05. The fourth-order valence-electron chi connectivity index (χ4n) is 1.89. The van der Waals surface area contributed by atoms with E-state index in [4.69, 9.17) is 10.6 Å².